The summed E-state index contributed by atoms with van der Waals surface area (Å²) in [5.74, 6) is 0. The second-order valence-electron chi connectivity index (χ2n) is 4.75. The molecule has 0 amide bonds. The molecule has 1 rings (SSSR count). The van der Waals surface area contributed by atoms with Crippen LogP contribution in [0.15, 0.2) is 30.3 Å². The molecular formula is C16H27NO2. The van der Waals surface area contributed by atoms with Crippen LogP contribution in [0.4, 0.5) is 0 Å². The summed E-state index contributed by atoms with van der Waals surface area (Å²) in [6, 6.07) is 11.1. The van der Waals surface area contributed by atoms with Gasteiger partial charge in [0.1, 0.15) is 0 Å². The van der Waals surface area contributed by atoms with E-state index in [1.165, 1.54) is 24.8 Å². The molecule has 0 spiro atoms. The van der Waals surface area contributed by atoms with Gasteiger partial charge in [-0.05, 0) is 24.9 Å². The maximum Gasteiger partial charge on any atom is 0.0697 e. The molecule has 0 aliphatic carbocycles. The molecule has 0 aliphatic heterocycles. The van der Waals surface area contributed by atoms with Gasteiger partial charge in [0.2, 0.25) is 0 Å². The first kappa shape index (κ1) is 16.2. The van der Waals surface area contributed by atoms with E-state index in [2.05, 4.69) is 42.6 Å². The molecule has 19 heavy (non-hydrogen) atoms. The van der Waals surface area contributed by atoms with E-state index in [0.29, 0.717) is 19.3 Å². The molecule has 108 valence electrons. The Bertz CT molecular complexity index is 303. The molecule has 1 unspecified atom stereocenters. The third-order valence-corrected chi connectivity index (χ3v) is 3.14. The Balaban J connectivity index is 2.30. The number of hydrogen-bond acceptors (Lipinski definition) is 3. The van der Waals surface area contributed by atoms with Crippen LogP contribution in [0.2, 0.25) is 0 Å². The van der Waals surface area contributed by atoms with Gasteiger partial charge >= 0.3 is 0 Å². The SMILES string of the molecule is CCCCC(NCCCOCCO)c1ccccc1. The van der Waals surface area contributed by atoms with Crippen molar-refractivity contribution >= 4 is 0 Å². The molecule has 0 heterocycles. The Hall–Kier alpha value is -0.900. The lowest BCUT2D eigenvalue weighted by atomic mass is 10.0. The standard InChI is InChI=1S/C16H27NO2/c1-2-3-10-16(15-8-5-4-6-9-15)17-11-7-13-19-14-12-18/h4-6,8-9,16-18H,2-3,7,10-14H2,1H3. The van der Waals surface area contributed by atoms with Crippen molar-refractivity contribution in [2.45, 2.75) is 38.6 Å². The summed E-state index contributed by atoms with van der Waals surface area (Å²) >= 11 is 0. The van der Waals surface area contributed by atoms with Gasteiger partial charge in [0.15, 0.2) is 0 Å². The Morgan fingerprint density at radius 2 is 1.95 bits per heavy atom. The summed E-state index contributed by atoms with van der Waals surface area (Å²) in [6.45, 7) is 4.44. The second kappa shape index (κ2) is 11.0. The molecule has 3 nitrogen and oxygen atoms in total. The summed E-state index contributed by atoms with van der Waals surface area (Å²) < 4.78 is 5.26. The van der Waals surface area contributed by atoms with Gasteiger partial charge in [-0.25, -0.2) is 0 Å². The molecule has 0 fully saturated rings. The molecule has 0 aliphatic rings. The number of aliphatic hydroxyl groups is 1. The highest BCUT2D eigenvalue weighted by Gasteiger charge is 2.09. The van der Waals surface area contributed by atoms with E-state index in [9.17, 15) is 0 Å². The Morgan fingerprint density at radius 3 is 2.63 bits per heavy atom. The van der Waals surface area contributed by atoms with Crippen LogP contribution in [-0.2, 0) is 4.74 Å². The number of aliphatic hydroxyl groups excluding tert-OH is 1. The zero-order valence-electron chi connectivity index (χ0n) is 12.0. The molecular weight excluding hydrogens is 238 g/mol. The predicted molar refractivity (Wildman–Crippen MR) is 79.2 cm³/mol. The minimum absolute atomic E-state index is 0.108. The van der Waals surface area contributed by atoms with Crippen LogP contribution in [0.5, 0.6) is 0 Å². The first-order chi connectivity index (χ1) is 9.38. The number of benzene rings is 1. The van der Waals surface area contributed by atoms with Crippen molar-refractivity contribution in [2.24, 2.45) is 0 Å². The molecule has 1 atom stereocenters. The Labute approximate surface area is 117 Å². The summed E-state index contributed by atoms with van der Waals surface area (Å²) in [7, 11) is 0. The van der Waals surface area contributed by atoms with E-state index < -0.39 is 0 Å². The molecule has 0 radical (unpaired) electrons. The molecule has 0 saturated carbocycles. The normalized spacial score (nSPS) is 12.5. The number of nitrogens with one attached hydrogen (secondary N) is 1. The lowest BCUT2D eigenvalue weighted by molar-refractivity contribution is 0.0903. The molecule has 2 N–H and O–H groups in total. The predicted octanol–water partition coefficient (Wildman–Crippen LogP) is 2.91. The summed E-state index contributed by atoms with van der Waals surface area (Å²) in [4.78, 5) is 0. The third-order valence-electron chi connectivity index (χ3n) is 3.14. The van der Waals surface area contributed by atoms with Crippen molar-refractivity contribution < 1.29 is 9.84 Å². The smallest absolute Gasteiger partial charge is 0.0697 e. The fourth-order valence-corrected chi connectivity index (χ4v) is 2.10. The number of ether oxygens (including phenoxy) is 1. The second-order valence-corrected chi connectivity index (χ2v) is 4.75. The van der Waals surface area contributed by atoms with Gasteiger partial charge in [-0.2, -0.15) is 0 Å². The fraction of sp³-hybridized carbons (Fsp3) is 0.625. The van der Waals surface area contributed by atoms with Crippen LogP contribution in [0, 0.1) is 0 Å². The van der Waals surface area contributed by atoms with Crippen molar-refractivity contribution in [3.63, 3.8) is 0 Å². The summed E-state index contributed by atoms with van der Waals surface area (Å²) in [5.41, 5.74) is 1.37. The van der Waals surface area contributed by atoms with Crippen LogP contribution >= 0.6 is 0 Å². The van der Waals surface area contributed by atoms with E-state index in [1.54, 1.807) is 0 Å². The van der Waals surface area contributed by atoms with Crippen molar-refractivity contribution in [1.29, 1.82) is 0 Å². The van der Waals surface area contributed by atoms with Crippen LogP contribution < -0.4 is 5.32 Å². The van der Waals surface area contributed by atoms with Crippen LogP contribution in [-0.4, -0.2) is 31.5 Å². The minimum Gasteiger partial charge on any atom is -0.394 e. The fourth-order valence-electron chi connectivity index (χ4n) is 2.10. The lowest BCUT2D eigenvalue weighted by Crippen LogP contribution is -2.23. The average Bonchev–Trinajstić information content (AvgIpc) is 2.46. The molecule has 3 heteroatoms. The number of rotatable bonds is 11. The van der Waals surface area contributed by atoms with Gasteiger partial charge in [-0.15, -0.1) is 0 Å². The van der Waals surface area contributed by atoms with Gasteiger partial charge in [0.05, 0.1) is 13.2 Å². The van der Waals surface area contributed by atoms with Crippen molar-refractivity contribution in [3.05, 3.63) is 35.9 Å². The van der Waals surface area contributed by atoms with Gasteiger partial charge in [0, 0.05) is 12.6 Å². The van der Waals surface area contributed by atoms with Crippen molar-refractivity contribution in [2.75, 3.05) is 26.4 Å². The van der Waals surface area contributed by atoms with Crippen molar-refractivity contribution in [3.8, 4) is 0 Å². The molecule has 0 aromatic heterocycles. The van der Waals surface area contributed by atoms with Gasteiger partial charge < -0.3 is 15.2 Å². The minimum atomic E-state index is 0.108. The first-order valence-electron chi connectivity index (χ1n) is 7.35. The highest BCUT2D eigenvalue weighted by Crippen LogP contribution is 2.18. The molecule has 0 saturated heterocycles. The van der Waals surface area contributed by atoms with Crippen LogP contribution in [0.25, 0.3) is 0 Å². The van der Waals surface area contributed by atoms with Gasteiger partial charge in [0.25, 0.3) is 0 Å². The topological polar surface area (TPSA) is 41.5 Å². The largest absolute Gasteiger partial charge is 0.394 e. The lowest BCUT2D eigenvalue weighted by Gasteiger charge is -2.19. The van der Waals surface area contributed by atoms with E-state index in [-0.39, 0.29) is 6.61 Å². The Kier molecular flexibility index (Phi) is 9.33. The first-order valence-corrected chi connectivity index (χ1v) is 7.35. The van der Waals surface area contributed by atoms with Crippen molar-refractivity contribution in [1.82, 2.24) is 5.32 Å². The highest BCUT2D eigenvalue weighted by molar-refractivity contribution is 5.18. The third kappa shape index (κ3) is 7.31. The van der Waals surface area contributed by atoms with Gasteiger partial charge in [-0.1, -0.05) is 50.1 Å². The van der Waals surface area contributed by atoms with E-state index in [4.69, 9.17) is 9.84 Å². The zero-order valence-corrected chi connectivity index (χ0v) is 12.0. The summed E-state index contributed by atoms with van der Waals surface area (Å²) in [6.07, 6.45) is 4.63. The van der Waals surface area contributed by atoms with E-state index in [0.717, 1.165) is 13.0 Å². The number of hydrogen-bond donors (Lipinski definition) is 2. The monoisotopic (exact) mass is 265 g/mol. The number of unbranched alkanes of at least 4 members (excludes halogenated alkanes) is 1. The Morgan fingerprint density at radius 1 is 1.16 bits per heavy atom. The van der Waals surface area contributed by atoms with E-state index >= 15 is 0 Å². The summed E-state index contributed by atoms with van der Waals surface area (Å²) in [5, 5.41) is 12.2. The quantitative estimate of drug-likeness (QED) is 0.604. The van der Waals surface area contributed by atoms with Crippen LogP contribution in [0.1, 0.15) is 44.2 Å². The zero-order chi connectivity index (χ0) is 13.8. The molecule has 1 aromatic rings. The maximum absolute atomic E-state index is 8.62. The van der Waals surface area contributed by atoms with Gasteiger partial charge in [-0.3, -0.25) is 0 Å². The average molecular weight is 265 g/mol. The maximum atomic E-state index is 8.62. The van der Waals surface area contributed by atoms with E-state index in [1.807, 2.05) is 0 Å². The van der Waals surface area contributed by atoms with Crippen LogP contribution in [0.3, 0.4) is 0 Å². The highest BCUT2D eigenvalue weighted by atomic mass is 16.5. The molecule has 1 aromatic carbocycles. The molecule has 0 bridgehead atoms.